The Labute approximate surface area is 155 Å². The molecule has 0 heterocycles. The predicted octanol–water partition coefficient (Wildman–Crippen LogP) is 2.94. The molecule has 2 atom stereocenters. The molecule has 0 aromatic heterocycles. The Bertz CT molecular complexity index is 618. The first-order valence-corrected chi connectivity index (χ1v) is 9.24. The van der Waals surface area contributed by atoms with Crippen LogP contribution in [0.4, 0.5) is 4.79 Å². The van der Waals surface area contributed by atoms with Gasteiger partial charge in [-0.05, 0) is 36.5 Å². The summed E-state index contributed by atoms with van der Waals surface area (Å²) in [6.45, 7) is 1.62. The molecular weight excluding hydrogens is 388 g/mol. The maximum Gasteiger partial charge on any atom is 0.321 e. The van der Waals surface area contributed by atoms with Crippen molar-refractivity contribution in [2.24, 2.45) is 5.92 Å². The van der Waals surface area contributed by atoms with E-state index >= 15 is 0 Å². The number of imide groups is 1. The van der Waals surface area contributed by atoms with E-state index in [4.69, 9.17) is 4.74 Å². The molecule has 0 bridgehead atoms. The number of carbonyl (C=O) groups is 3. The molecule has 1 aromatic carbocycles. The SMILES string of the molecule is C[C@H]1CCCC[C@@H]1NC(=O)NC(=O)COC(=O)Cc1ccc(Br)cc1. The predicted molar refractivity (Wildman–Crippen MR) is 96.9 cm³/mol. The molecule has 1 aromatic rings. The van der Waals surface area contributed by atoms with Gasteiger partial charge in [0.05, 0.1) is 6.42 Å². The van der Waals surface area contributed by atoms with Crippen LogP contribution >= 0.6 is 15.9 Å². The summed E-state index contributed by atoms with van der Waals surface area (Å²) in [5.41, 5.74) is 0.789. The number of amides is 3. The summed E-state index contributed by atoms with van der Waals surface area (Å²) in [6.07, 6.45) is 4.33. The lowest BCUT2D eigenvalue weighted by Crippen LogP contribution is -2.48. The standard InChI is InChI=1S/C18H23BrN2O4/c1-12-4-2-3-5-15(12)20-18(24)21-16(22)11-25-17(23)10-13-6-8-14(19)9-7-13/h6-9,12,15H,2-5,10-11H2,1H3,(H2,20,21,22,24)/t12-,15-/m0/s1. The molecule has 1 aliphatic carbocycles. The van der Waals surface area contributed by atoms with Crippen LogP contribution in [0.25, 0.3) is 0 Å². The molecule has 3 amide bonds. The zero-order valence-corrected chi connectivity index (χ0v) is 15.8. The van der Waals surface area contributed by atoms with Crippen molar-refractivity contribution in [3.05, 3.63) is 34.3 Å². The van der Waals surface area contributed by atoms with Crippen LogP contribution < -0.4 is 10.6 Å². The number of ether oxygens (including phenoxy) is 1. The van der Waals surface area contributed by atoms with Crippen molar-refractivity contribution in [2.45, 2.75) is 45.1 Å². The Morgan fingerprint density at radius 3 is 2.52 bits per heavy atom. The van der Waals surface area contributed by atoms with Crippen molar-refractivity contribution in [1.29, 1.82) is 0 Å². The van der Waals surface area contributed by atoms with Crippen LogP contribution in [0.5, 0.6) is 0 Å². The minimum Gasteiger partial charge on any atom is -0.455 e. The third kappa shape index (κ3) is 6.86. The van der Waals surface area contributed by atoms with E-state index in [2.05, 4.69) is 33.5 Å². The van der Waals surface area contributed by atoms with E-state index in [-0.39, 0.29) is 12.5 Å². The maximum absolute atomic E-state index is 11.8. The second-order valence-electron chi connectivity index (χ2n) is 6.35. The summed E-state index contributed by atoms with van der Waals surface area (Å²) >= 11 is 3.32. The van der Waals surface area contributed by atoms with Gasteiger partial charge in [0.25, 0.3) is 5.91 Å². The zero-order valence-electron chi connectivity index (χ0n) is 14.2. The second-order valence-corrected chi connectivity index (χ2v) is 7.27. The lowest BCUT2D eigenvalue weighted by atomic mass is 9.86. The van der Waals surface area contributed by atoms with Crippen LogP contribution in [-0.4, -0.2) is 30.6 Å². The van der Waals surface area contributed by atoms with Crippen LogP contribution in [0, 0.1) is 5.92 Å². The van der Waals surface area contributed by atoms with Gasteiger partial charge in [-0.3, -0.25) is 14.9 Å². The summed E-state index contributed by atoms with van der Waals surface area (Å²) in [6, 6.07) is 6.79. The van der Waals surface area contributed by atoms with Gasteiger partial charge in [-0.25, -0.2) is 4.79 Å². The number of carbonyl (C=O) groups excluding carboxylic acids is 3. The number of nitrogens with one attached hydrogen (secondary N) is 2. The highest BCUT2D eigenvalue weighted by molar-refractivity contribution is 9.10. The molecule has 25 heavy (non-hydrogen) atoms. The molecule has 0 saturated heterocycles. The highest BCUT2D eigenvalue weighted by atomic mass is 79.9. The maximum atomic E-state index is 11.8. The van der Waals surface area contributed by atoms with Gasteiger partial charge in [0.1, 0.15) is 0 Å². The van der Waals surface area contributed by atoms with E-state index in [0.29, 0.717) is 5.92 Å². The van der Waals surface area contributed by atoms with E-state index in [9.17, 15) is 14.4 Å². The van der Waals surface area contributed by atoms with Gasteiger partial charge in [-0.15, -0.1) is 0 Å². The van der Waals surface area contributed by atoms with E-state index < -0.39 is 24.5 Å². The van der Waals surface area contributed by atoms with Gasteiger partial charge in [0, 0.05) is 10.5 Å². The van der Waals surface area contributed by atoms with Crippen molar-refractivity contribution >= 4 is 33.8 Å². The highest BCUT2D eigenvalue weighted by Crippen LogP contribution is 2.23. The number of benzene rings is 1. The molecule has 0 aliphatic heterocycles. The van der Waals surface area contributed by atoms with Crippen LogP contribution in [0.15, 0.2) is 28.7 Å². The number of rotatable bonds is 5. The van der Waals surface area contributed by atoms with Gasteiger partial charge in [0.15, 0.2) is 6.61 Å². The molecule has 0 radical (unpaired) electrons. The molecule has 1 fully saturated rings. The zero-order chi connectivity index (χ0) is 18.2. The number of hydrogen-bond acceptors (Lipinski definition) is 4. The van der Waals surface area contributed by atoms with E-state index in [0.717, 1.165) is 29.3 Å². The Kier molecular flexibility index (Phi) is 7.43. The van der Waals surface area contributed by atoms with Crippen LogP contribution in [0.1, 0.15) is 38.2 Å². The largest absolute Gasteiger partial charge is 0.455 e. The number of urea groups is 1. The van der Waals surface area contributed by atoms with Crippen LogP contribution in [0.3, 0.4) is 0 Å². The molecule has 1 saturated carbocycles. The fourth-order valence-corrected chi connectivity index (χ4v) is 3.13. The molecule has 0 unspecified atom stereocenters. The Morgan fingerprint density at radius 1 is 1.16 bits per heavy atom. The Balaban J connectivity index is 1.68. The lowest BCUT2D eigenvalue weighted by molar-refractivity contribution is -0.147. The molecule has 2 rings (SSSR count). The minimum atomic E-state index is -0.634. The van der Waals surface area contributed by atoms with Gasteiger partial charge < -0.3 is 10.1 Å². The summed E-state index contributed by atoms with van der Waals surface area (Å²) in [5.74, 6) is -0.748. The lowest BCUT2D eigenvalue weighted by Gasteiger charge is -2.29. The topological polar surface area (TPSA) is 84.5 Å². The van der Waals surface area contributed by atoms with E-state index in [1.807, 2.05) is 12.1 Å². The molecular formula is C18H23BrN2O4. The fraction of sp³-hybridized carbons (Fsp3) is 0.500. The average molecular weight is 411 g/mol. The average Bonchev–Trinajstić information content (AvgIpc) is 2.57. The van der Waals surface area contributed by atoms with E-state index in [1.165, 1.54) is 6.42 Å². The quantitative estimate of drug-likeness (QED) is 0.730. The molecule has 0 spiro atoms. The number of esters is 1. The Hall–Kier alpha value is -1.89. The molecule has 136 valence electrons. The monoisotopic (exact) mass is 410 g/mol. The molecule has 7 heteroatoms. The first kappa shape index (κ1) is 19.4. The Morgan fingerprint density at radius 2 is 1.84 bits per heavy atom. The molecule has 6 nitrogen and oxygen atoms in total. The highest BCUT2D eigenvalue weighted by Gasteiger charge is 2.23. The third-order valence-corrected chi connectivity index (χ3v) is 4.84. The summed E-state index contributed by atoms with van der Waals surface area (Å²) in [5, 5.41) is 5.02. The second kappa shape index (κ2) is 9.56. The van der Waals surface area contributed by atoms with Crippen molar-refractivity contribution in [3.8, 4) is 0 Å². The minimum absolute atomic E-state index is 0.0757. The van der Waals surface area contributed by atoms with Gasteiger partial charge in [-0.2, -0.15) is 0 Å². The number of halogens is 1. The fourth-order valence-electron chi connectivity index (χ4n) is 2.86. The van der Waals surface area contributed by atoms with Crippen molar-refractivity contribution in [2.75, 3.05) is 6.61 Å². The van der Waals surface area contributed by atoms with Crippen molar-refractivity contribution in [3.63, 3.8) is 0 Å². The van der Waals surface area contributed by atoms with Crippen molar-refractivity contribution < 1.29 is 19.1 Å². The third-order valence-electron chi connectivity index (χ3n) is 4.31. The smallest absolute Gasteiger partial charge is 0.321 e. The summed E-state index contributed by atoms with van der Waals surface area (Å²) < 4.78 is 5.83. The first-order valence-electron chi connectivity index (χ1n) is 8.44. The number of hydrogen-bond donors (Lipinski definition) is 2. The summed E-state index contributed by atoms with van der Waals surface area (Å²) in [7, 11) is 0. The van der Waals surface area contributed by atoms with Gasteiger partial charge in [-0.1, -0.05) is 47.8 Å². The molecule has 1 aliphatic rings. The first-order chi connectivity index (χ1) is 11.9. The van der Waals surface area contributed by atoms with Crippen molar-refractivity contribution in [1.82, 2.24) is 10.6 Å². The molecule has 2 N–H and O–H groups in total. The van der Waals surface area contributed by atoms with Gasteiger partial charge in [0.2, 0.25) is 0 Å². The van der Waals surface area contributed by atoms with E-state index in [1.54, 1.807) is 12.1 Å². The normalized spacial score (nSPS) is 19.8. The van der Waals surface area contributed by atoms with Gasteiger partial charge >= 0.3 is 12.0 Å². The van der Waals surface area contributed by atoms with Crippen LogP contribution in [0.2, 0.25) is 0 Å². The van der Waals surface area contributed by atoms with Crippen LogP contribution in [-0.2, 0) is 20.7 Å². The summed E-state index contributed by atoms with van der Waals surface area (Å²) in [4.78, 5) is 35.3.